The summed E-state index contributed by atoms with van der Waals surface area (Å²) >= 11 is 0. The molecule has 0 fully saturated rings. The monoisotopic (exact) mass is 389 g/mol. The van der Waals surface area contributed by atoms with Crippen molar-refractivity contribution in [1.29, 1.82) is 0 Å². The van der Waals surface area contributed by atoms with Crippen molar-refractivity contribution in [3.05, 3.63) is 89.0 Å². The van der Waals surface area contributed by atoms with Crippen LogP contribution in [-0.4, -0.2) is 5.71 Å². The van der Waals surface area contributed by atoms with Gasteiger partial charge in [-0.3, -0.25) is 0 Å². The zero-order valence-corrected chi connectivity index (χ0v) is 17.7. The second-order valence-corrected chi connectivity index (χ2v) is 9.36. The summed E-state index contributed by atoms with van der Waals surface area (Å²) in [6, 6.07) is 23.7. The number of benzene rings is 4. The van der Waals surface area contributed by atoms with Crippen LogP contribution in [-0.2, 0) is 5.41 Å². The third-order valence-corrected chi connectivity index (χ3v) is 6.19. The minimum Gasteiger partial charge on any atom is -0.455 e. The van der Waals surface area contributed by atoms with Crippen LogP contribution in [0.3, 0.4) is 0 Å². The first-order valence-corrected chi connectivity index (χ1v) is 10.5. The van der Waals surface area contributed by atoms with Crippen molar-refractivity contribution in [1.82, 2.24) is 0 Å². The number of hydrogen-bond acceptors (Lipinski definition) is 2. The van der Waals surface area contributed by atoms with E-state index in [9.17, 15) is 0 Å². The van der Waals surface area contributed by atoms with E-state index in [0.717, 1.165) is 38.9 Å². The van der Waals surface area contributed by atoms with Crippen LogP contribution in [0.4, 0.5) is 5.69 Å². The second-order valence-electron chi connectivity index (χ2n) is 9.36. The number of fused-ring (bicyclic) bond motifs is 3. The van der Waals surface area contributed by atoms with Gasteiger partial charge in [-0.25, -0.2) is 4.99 Å². The van der Waals surface area contributed by atoms with Gasteiger partial charge in [-0.05, 0) is 53.1 Å². The Balaban J connectivity index is 1.67. The predicted octanol–water partition coefficient (Wildman–Crippen LogP) is 7.83. The molecule has 1 aliphatic heterocycles. The largest absolute Gasteiger partial charge is 0.455 e. The average molecular weight is 389 g/mol. The molecule has 0 N–H and O–H groups in total. The highest BCUT2D eigenvalue weighted by atomic mass is 16.3. The smallest absolute Gasteiger partial charge is 0.144 e. The molecule has 2 heterocycles. The minimum absolute atomic E-state index is 0.0786. The lowest BCUT2D eigenvalue weighted by Crippen LogP contribution is -2.11. The minimum atomic E-state index is 0.0786. The molecule has 0 bridgehead atoms. The molecule has 0 radical (unpaired) electrons. The van der Waals surface area contributed by atoms with Crippen LogP contribution in [0.5, 0.6) is 0 Å². The Hall–Kier alpha value is -3.39. The van der Waals surface area contributed by atoms with E-state index >= 15 is 0 Å². The van der Waals surface area contributed by atoms with Crippen LogP contribution in [0.2, 0.25) is 0 Å². The molecule has 30 heavy (non-hydrogen) atoms. The Morgan fingerprint density at radius 1 is 0.767 bits per heavy atom. The van der Waals surface area contributed by atoms with Crippen LogP contribution < -0.4 is 0 Å². The lowest BCUT2D eigenvalue weighted by molar-refractivity contribution is 0.596. The van der Waals surface area contributed by atoms with Crippen molar-refractivity contribution in [3.8, 4) is 0 Å². The molecule has 146 valence electrons. The van der Waals surface area contributed by atoms with E-state index in [1.165, 1.54) is 27.5 Å². The van der Waals surface area contributed by atoms with Crippen molar-refractivity contribution in [2.24, 2.45) is 4.99 Å². The van der Waals surface area contributed by atoms with Gasteiger partial charge in [0.05, 0.1) is 11.4 Å². The first-order chi connectivity index (χ1) is 14.4. The summed E-state index contributed by atoms with van der Waals surface area (Å²) in [5, 5.41) is 4.86. The molecule has 0 saturated heterocycles. The Bertz CT molecular complexity index is 1530. The second kappa shape index (κ2) is 5.82. The maximum atomic E-state index is 6.34. The molecule has 1 aliphatic rings. The highest BCUT2D eigenvalue weighted by molar-refractivity contribution is 6.30. The van der Waals surface area contributed by atoms with Gasteiger partial charge in [-0.1, -0.05) is 63.2 Å². The average Bonchev–Trinajstić information content (AvgIpc) is 3.27. The fourth-order valence-electron chi connectivity index (χ4n) is 4.87. The molecule has 4 aromatic carbocycles. The fourth-order valence-corrected chi connectivity index (χ4v) is 4.87. The Kier molecular flexibility index (Phi) is 3.39. The Morgan fingerprint density at radius 3 is 2.40 bits per heavy atom. The van der Waals surface area contributed by atoms with Crippen molar-refractivity contribution >= 4 is 44.1 Å². The van der Waals surface area contributed by atoms with Crippen LogP contribution in [0.25, 0.3) is 32.7 Å². The molecule has 1 aromatic heterocycles. The summed E-state index contributed by atoms with van der Waals surface area (Å²) in [7, 11) is 0. The molecule has 2 heteroatoms. The van der Waals surface area contributed by atoms with Gasteiger partial charge in [0.2, 0.25) is 0 Å². The molecule has 6 rings (SSSR count). The number of aliphatic imine (C=N–C) groups is 1. The van der Waals surface area contributed by atoms with Gasteiger partial charge < -0.3 is 4.42 Å². The van der Waals surface area contributed by atoms with E-state index in [1.807, 2.05) is 12.1 Å². The summed E-state index contributed by atoms with van der Waals surface area (Å²) < 4.78 is 6.34. The molecule has 0 saturated carbocycles. The quantitative estimate of drug-likeness (QED) is 0.281. The molecule has 0 atom stereocenters. The van der Waals surface area contributed by atoms with E-state index in [4.69, 9.17) is 9.41 Å². The van der Waals surface area contributed by atoms with E-state index < -0.39 is 0 Å². The maximum absolute atomic E-state index is 6.34. The molecular weight excluding hydrogens is 366 g/mol. The highest BCUT2D eigenvalue weighted by Crippen LogP contribution is 2.43. The molecule has 0 aliphatic carbocycles. The number of nitrogens with zero attached hydrogens (tertiary/aromatic N) is 1. The fraction of sp³-hybridized carbons (Fsp3) is 0.179. The van der Waals surface area contributed by atoms with Gasteiger partial charge in [-0.15, -0.1) is 0 Å². The van der Waals surface area contributed by atoms with Gasteiger partial charge >= 0.3 is 0 Å². The molecule has 0 spiro atoms. The lowest BCUT2D eigenvalue weighted by atomic mass is 9.82. The van der Waals surface area contributed by atoms with Crippen LogP contribution in [0.1, 0.15) is 43.0 Å². The molecule has 0 amide bonds. The zero-order chi connectivity index (χ0) is 20.6. The van der Waals surface area contributed by atoms with Gasteiger partial charge in [0.15, 0.2) is 0 Å². The zero-order valence-electron chi connectivity index (χ0n) is 17.7. The predicted molar refractivity (Wildman–Crippen MR) is 126 cm³/mol. The van der Waals surface area contributed by atoms with Crippen LogP contribution in [0.15, 0.2) is 76.1 Å². The number of para-hydroxylation sites is 1. The molecule has 5 aromatic rings. The number of rotatable bonds is 1. The first-order valence-electron chi connectivity index (χ1n) is 10.5. The van der Waals surface area contributed by atoms with Gasteiger partial charge in [0, 0.05) is 27.3 Å². The normalized spacial score (nSPS) is 13.5. The van der Waals surface area contributed by atoms with Crippen molar-refractivity contribution in [3.63, 3.8) is 0 Å². The van der Waals surface area contributed by atoms with Crippen LogP contribution >= 0.6 is 0 Å². The Morgan fingerprint density at radius 2 is 1.57 bits per heavy atom. The van der Waals surface area contributed by atoms with E-state index in [2.05, 4.69) is 82.3 Å². The number of hydrogen-bond donors (Lipinski definition) is 0. The third kappa shape index (κ3) is 2.34. The standard InChI is InChI=1S/C28H23NO/c1-16-14-20-17-8-5-6-11-24(17)30-27(20)21(15-16)26-19-10-7-9-18-22(28(2,3)4)12-13-23(29-26)25(18)19/h5-15H,1-4H3. The molecular formula is C28H23NO. The lowest BCUT2D eigenvalue weighted by Gasteiger charge is -2.21. The third-order valence-electron chi connectivity index (χ3n) is 6.19. The number of furan rings is 1. The van der Waals surface area contributed by atoms with E-state index in [0.29, 0.717) is 0 Å². The molecule has 0 unspecified atom stereocenters. The van der Waals surface area contributed by atoms with Crippen molar-refractivity contribution in [2.45, 2.75) is 33.1 Å². The molecule has 2 nitrogen and oxygen atoms in total. The Labute approximate surface area is 175 Å². The summed E-state index contributed by atoms with van der Waals surface area (Å²) in [5.74, 6) is 0. The summed E-state index contributed by atoms with van der Waals surface area (Å²) in [6.45, 7) is 8.95. The van der Waals surface area contributed by atoms with Gasteiger partial charge in [0.25, 0.3) is 0 Å². The number of aryl methyl sites for hydroxylation is 1. The maximum Gasteiger partial charge on any atom is 0.144 e. The van der Waals surface area contributed by atoms with Crippen LogP contribution in [0, 0.1) is 6.92 Å². The SMILES string of the molecule is Cc1cc(C2=Nc3ccc(C(C)(C)C)c4cccc2c34)c2oc3ccccc3c2c1. The summed E-state index contributed by atoms with van der Waals surface area (Å²) in [6.07, 6.45) is 0. The summed E-state index contributed by atoms with van der Waals surface area (Å²) in [4.78, 5) is 5.11. The van der Waals surface area contributed by atoms with E-state index in [1.54, 1.807) is 0 Å². The summed E-state index contributed by atoms with van der Waals surface area (Å²) in [5.41, 5.74) is 8.81. The van der Waals surface area contributed by atoms with Crippen molar-refractivity contribution < 1.29 is 4.42 Å². The van der Waals surface area contributed by atoms with Crippen molar-refractivity contribution in [2.75, 3.05) is 0 Å². The topological polar surface area (TPSA) is 25.5 Å². The van der Waals surface area contributed by atoms with E-state index in [-0.39, 0.29) is 5.41 Å². The van der Waals surface area contributed by atoms with Gasteiger partial charge in [0.1, 0.15) is 11.2 Å². The van der Waals surface area contributed by atoms with Gasteiger partial charge in [-0.2, -0.15) is 0 Å². The highest BCUT2D eigenvalue weighted by Gasteiger charge is 2.26. The first kappa shape index (κ1) is 17.5.